The highest BCUT2D eigenvalue weighted by Crippen LogP contribution is 2.43. The second kappa shape index (κ2) is 19.9. The first-order valence-electron chi connectivity index (χ1n) is 20.4. The van der Waals surface area contributed by atoms with E-state index in [2.05, 4.69) is 94.4 Å². The molecule has 0 unspecified atom stereocenters. The number of allylic oxidation sites excluding steroid dienone is 9. The zero-order valence-corrected chi connectivity index (χ0v) is 34.9. The van der Waals surface area contributed by atoms with Crippen molar-refractivity contribution >= 4 is 5.97 Å². The monoisotopic (exact) mass is 699 g/mol. The summed E-state index contributed by atoms with van der Waals surface area (Å²) in [6.45, 7) is 27.0. The van der Waals surface area contributed by atoms with Crippen molar-refractivity contribution in [2.24, 2.45) is 23.2 Å². The molecular weight excluding hydrogens is 625 g/mol. The van der Waals surface area contributed by atoms with E-state index in [1.807, 2.05) is 25.1 Å². The van der Waals surface area contributed by atoms with Gasteiger partial charge in [-0.2, -0.15) is 0 Å². The molecule has 284 valence electrons. The van der Waals surface area contributed by atoms with E-state index in [1.165, 1.54) is 92.9 Å². The van der Waals surface area contributed by atoms with Crippen LogP contribution in [0.15, 0.2) is 64.8 Å². The molecule has 0 saturated heterocycles. The number of rotatable bonds is 18. The summed E-state index contributed by atoms with van der Waals surface area (Å²) in [5.41, 5.74) is 8.33. The van der Waals surface area contributed by atoms with Crippen molar-refractivity contribution in [3.63, 3.8) is 0 Å². The molecule has 1 aromatic rings. The Morgan fingerprint density at radius 2 is 1.51 bits per heavy atom. The van der Waals surface area contributed by atoms with Gasteiger partial charge in [-0.05, 0) is 138 Å². The molecule has 0 radical (unpaired) electrons. The van der Waals surface area contributed by atoms with Gasteiger partial charge in [0.25, 0.3) is 0 Å². The number of carbonyl (C=O) groups excluding carboxylic acids is 1. The van der Waals surface area contributed by atoms with Crippen LogP contribution in [0.3, 0.4) is 0 Å². The maximum absolute atomic E-state index is 13.0. The Balaban J connectivity index is 1.50. The fraction of sp³-hybridized carbons (Fsp3) is 0.646. The van der Waals surface area contributed by atoms with Crippen LogP contribution in [0.1, 0.15) is 169 Å². The van der Waals surface area contributed by atoms with E-state index in [4.69, 9.17) is 9.47 Å². The number of ether oxygens (including phenoxy) is 2. The number of fused-ring (bicyclic) bond motifs is 1. The largest absolute Gasteiger partial charge is 0.487 e. The summed E-state index contributed by atoms with van der Waals surface area (Å²) in [5, 5.41) is 0. The highest BCUT2D eigenvalue weighted by Gasteiger charge is 2.34. The lowest BCUT2D eigenvalue weighted by molar-refractivity contribution is -0.129. The molecule has 2 aliphatic rings. The van der Waals surface area contributed by atoms with Crippen molar-refractivity contribution in [2.45, 2.75) is 179 Å². The predicted octanol–water partition coefficient (Wildman–Crippen LogP) is 14.3. The van der Waals surface area contributed by atoms with Gasteiger partial charge in [0.1, 0.15) is 17.1 Å². The lowest BCUT2D eigenvalue weighted by Crippen LogP contribution is -2.37. The van der Waals surface area contributed by atoms with Crippen LogP contribution >= 0.6 is 0 Å². The summed E-state index contributed by atoms with van der Waals surface area (Å²) in [6, 6.07) is 1.98. The molecule has 0 amide bonds. The minimum atomic E-state index is -0.349. The van der Waals surface area contributed by atoms with Crippen molar-refractivity contribution in [2.75, 3.05) is 0 Å². The van der Waals surface area contributed by atoms with Gasteiger partial charge in [0.2, 0.25) is 0 Å². The van der Waals surface area contributed by atoms with Crippen LogP contribution in [0.2, 0.25) is 0 Å². The highest BCUT2D eigenvalue weighted by molar-refractivity contribution is 5.85. The van der Waals surface area contributed by atoms with E-state index >= 15 is 0 Å². The fourth-order valence-electron chi connectivity index (χ4n) is 8.15. The van der Waals surface area contributed by atoms with E-state index in [1.54, 1.807) is 6.08 Å². The van der Waals surface area contributed by atoms with Crippen molar-refractivity contribution < 1.29 is 14.3 Å². The van der Waals surface area contributed by atoms with E-state index < -0.39 is 0 Å². The molecule has 3 heteroatoms. The van der Waals surface area contributed by atoms with Crippen LogP contribution in [0.4, 0.5) is 0 Å². The van der Waals surface area contributed by atoms with Gasteiger partial charge in [-0.25, -0.2) is 4.79 Å². The van der Waals surface area contributed by atoms with Gasteiger partial charge in [0, 0.05) is 11.6 Å². The van der Waals surface area contributed by atoms with Crippen LogP contribution in [-0.2, 0) is 11.2 Å². The number of aryl methyl sites for hydroxylation is 1. The number of carbonyl (C=O) groups is 1. The fourth-order valence-corrected chi connectivity index (χ4v) is 8.15. The summed E-state index contributed by atoms with van der Waals surface area (Å²) in [6.07, 6.45) is 29.5. The lowest BCUT2D eigenvalue weighted by atomic mass is 9.72. The molecule has 0 fully saturated rings. The minimum Gasteiger partial charge on any atom is -0.487 e. The van der Waals surface area contributed by atoms with E-state index in [-0.39, 0.29) is 17.0 Å². The Labute approximate surface area is 314 Å². The summed E-state index contributed by atoms with van der Waals surface area (Å²) < 4.78 is 12.7. The predicted molar refractivity (Wildman–Crippen MR) is 220 cm³/mol. The Morgan fingerprint density at radius 3 is 2.16 bits per heavy atom. The number of hydrogen-bond donors (Lipinski definition) is 0. The van der Waals surface area contributed by atoms with Crippen LogP contribution in [-0.4, -0.2) is 11.6 Å². The molecule has 3 atom stereocenters. The molecule has 3 nitrogen and oxygen atoms in total. The van der Waals surface area contributed by atoms with Crippen molar-refractivity contribution in [3.8, 4) is 11.5 Å². The average molecular weight is 699 g/mol. The Kier molecular flexibility index (Phi) is 16.6. The van der Waals surface area contributed by atoms with Crippen molar-refractivity contribution in [3.05, 3.63) is 81.5 Å². The Bertz CT molecular complexity index is 1460. The topological polar surface area (TPSA) is 35.5 Å². The summed E-state index contributed by atoms with van der Waals surface area (Å²) >= 11 is 0. The third kappa shape index (κ3) is 13.9. The van der Waals surface area contributed by atoms with Crippen LogP contribution in [0.25, 0.3) is 0 Å². The maximum Gasteiger partial charge on any atom is 0.336 e. The molecule has 0 aromatic heterocycles. The molecule has 1 aliphatic heterocycles. The normalized spacial score (nSPS) is 21.0. The van der Waals surface area contributed by atoms with E-state index in [0.717, 1.165) is 59.5 Å². The minimum absolute atomic E-state index is 0.148. The zero-order valence-electron chi connectivity index (χ0n) is 34.9. The summed E-state index contributed by atoms with van der Waals surface area (Å²) in [5.74, 6) is 3.73. The molecule has 51 heavy (non-hydrogen) atoms. The first-order chi connectivity index (χ1) is 24.0. The maximum atomic E-state index is 13.0. The van der Waals surface area contributed by atoms with Gasteiger partial charge in [0.05, 0.1) is 0 Å². The number of benzene rings is 1. The third-order valence-corrected chi connectivity index (χ3v) is 11.7. The summed E-state index contributed by atoms with van der Waals surface area (Å²) in [7, 11) is 0. The lowest BCUT2D eigenvalue weighted by Gasteiger charge is -2.38. The van der Waals surface area contributed by atoms with Gasteiger partial charge in [0.15, 0.2) is 0 Å². The smallest absolute Gasteiger partial charge is 0.336 e. The third-order valence-electron chi connectivity index (χ3n) is 11.7. The molecular formula is C48H74O3. The number of hydrogen-bond acceptors (Lipinski definition) is 3. The summed E-state index contributed by atoms with van der Waals surface area (Å²) in [4.78, 5) is 13.0. The van der Waals surface area contributed by atoms with Gasteiger partial charge >= 0.3 is 5.97 Å². The molecule has 0 N–H and O–H groups in total. The molecule has 0 bridgehead atoms. The van der Waals surface area contributed by atoms with Crippen molar-refractivity contribution in [1.82, 2.24) is 0 Å². The first kappa shape index (κ1) is 42.6. The SMILES string of the molecule is CC1=C(/C=C/C(C)=C/C=C/C(C)=C/C(=O)Oc2cc(C)c3c(c2C)CC[C@@](C)(CCC[C@H](C)CCC[C@H](C)CCCC(C)C)O3)C(C)(C)CCC1. The average Bonchev–Trinajstić information content (AvgIpc) is 3.02. The molecule has 1 heterocycles. The van der Waals surface area contributed by atoms with Crippen LogP contribution in [0, 0.1) is 37.0 Å². The highest BCUT2D eigenvalue weighted by atomic mass is 16.5. The molecule has 1 aromatic carbocycles. The first-order valence-corrected chi connectivity index (χ1v) is 20.4. The van der Waals surface area contributed by atoms with Gasteiger partial charge in [-0.15, -0.1) is 0 Å². The molecule has 0 saturated carbocycles. The molecule has 3 rings (SSSR count). The molecule has 1 aliphatic carbocycles. The molecule has 0 spiro atoms. The second-order valence-electron chi connectivity index (χ2n) is 17.9. The van der Waals surface area contributed by atoms with Crippen molar-refractivity contribution in [1.29, 1.82) is 0 Å². The van der Waals surface area contributed by atoms with E-state index in [9.17, 15) is 4.79 Å². The van der Waals surface area contributed by atoms with E-state index in [0.29, 0.717) is 5.75 Å². The van der Waals surface area contributed by atoms with Crippen LogP contribution in [0.5, 0.6) is 11.5 Å². The Morgan fingerprint density at radius 1 is 0.863 bits per heavy atom. The van der Waals surface area contributed by atoms with Gasteiger partial charge < -0.3 is 9.47 Å². The zero-order chi connectivity index (χ0) is 37.8. The quantitative estimate of drug-likeness (QED) is 0.0662. The standard InChI is InChI=1S/C48H74O3/c1-34(2)18-13-19-35(3)20-14-21-36(4)24-16-30-48(12)31-28-42-41(9)44(33-40(8)46(42)51-48)50-45(49)32-38(6)23-15-22-37(5)26-27-43-39(7)25-17-29-47(43,10)11/h15,22-23,26-27,32-36H,13-14,16-21,24-25,28-31H2,1-12H3/b23-15+,27-26+,37-22+,38-32+/t35-,36-,48-/m1/s1. The van der Waals surface area contributed by atoms with Gasteiger partial charge in [-0.1, -0.05) is 128 Å². The second-order valence-corrected chi connectivity index (χ2v) is 17.9. The van der Waals surface area contributed by atoms with Crippen LogP contribution < -0.4 is 9.47 Å². The number of esters is 1. The van der Waals surface area contributed by atoms with Gasteiger partial charge in [-0.3, -0.25) is 0 Å². The Hall–Kier alpha value is -2.81.